The van der Waals surface area contributed by atoms with Crippen LogP contribution in [0.5, 0.6) is 0 Å². The Hall–Kier alpha value is -3.45. The van der Waals surface area contributed by atoms with Crippen LogP contribution in [0.15, 0.2) is 60.9 Å². The Morgan fingerprint density at radius 1 is 1.03 bits per heavy atom. The maximum Gasteiger partial charge on any atom is 0.344 e. The van der Waals surface area contributed by atoms with Crippen LogP contribution in [-0.2, 0) is 11.3 Å². The van der Waals surface area contributed by atoms with Gasteiger partial charge in [-0.15, -0.1) is 0 Å². The Labute approximate surface area is 206 Å². The largest absolute Gasteiger partial charge is 0.344 e. The number of anilines is 1. The summed E-state index contributed by atoms with van der Waals surface area (Å²) in [5.41, 5.74) is 5.97. The number of rotatable bonds is 4. The molecule has 1 aromatic heterocycles. The summed E-state index contributed by atoms with van der Waals surface area (Å²) in [6.45, 7) is 8.20. The topological polar surface area (TPSA) is 61.7 Å². The minimum atomic E-state index is -0.115. The number of nitrogens with zero attached hydrogens (tertiary/aromatic N) is 5. The van der Waals surface area contributed by atoms with Crippen LogP contribution in [0, 0.1) is 12.3 Å². The Morgan fingerprint density at radius 3 is 2.54 bits per heavy atom. The minimum absolute atomic E-state index is 0.0897. The summed E-state index contributed by atoms with van der Waals surface area (Å²) in [6, 6.07) is 17.2. The van der Waals surface area contributed by atoms with Crippen LogP contribution < -0.4 is 4.90 Å². The summed E-state index contributed by atoms with van der Waals surface area (Å²) in [6.07, 6.45) is 5.32. The van der Waals surface area contributed by atoms with Gasteiger partial charge in [-0.25, -0.2) is 4.79 Å². The van der Waals surface area contributed by atoms with Crippen molar-refractivity contribution in [3.05, 3.63) is 72.1 Å². The second-order valence-electron chi connectivity index (χ2n) is 10.1. The van der Waals surface area contributed by atoms with Crippen molar-refractivity contribution < 1.29 is 9.59 Å². The number of hydrogen-bond acceptors (Lipinski definition) is 4. The third-order valence-electron chi connectivity index (χ3n) is 7.69. The molecule has 35 heavy (non-hydrogen) atoms. The van der Waals surface area contributed by atoms with E-state index < -0.39 is 0 Å². The van der Waals surface area contributed by atoms with Crippen molar-refractivity contribution >= 4 is 17.6 Å². The Balaban J connectivity index is 1.21. The monoisotopic (exact) mass is 471 g/mol. The lowest BCUT2D eigenvalue weighted by Gasteiger charge is -2.25. The van der Waals surface area contributed by atoms with E-state index in [1.165, 1.54) is 38.8 Å². The SMILES string of the molecule is CC(=O)N(C)c1cnn(C(=O)N2CCC3(CCN(Cc4ccc(-c5ccccc5)cc4C)C3)C2)c1. The first-order valence-corrected chi connectivity index (χ1v) is 12.3. The van der Waals surface area contributed by atoms with Gasteiger partial charge in [-0.3, -0.25) is 9.69 Å². The Kier molecular flexibility index (Phi) is 6.19. The molecule has 2 aliphatic rings. The lowest BCUT2D eigenvalue weighted by atomic mass is 9.86. The predicted molar refractivity (Wildman–Crippen MR) is 137 cm³/mol. The molecule has 0 radical (unpaired) electrons. The Bertz CT molecular complexity index is 1240. The average Bonchev–Trinajstić information content (AvgIpc) is 3.61. The molecule has 3 aromatic rings. The fourth-order valence-corrected chi connectivity index (χ4v) is 5.44. The molecule has 2 aromatic carbocycles. The summed E-state index contributed by atoms with van der Waals surface area (Å²) in [7, 11) is 1.68. The van der Waals surface area contributed by atoms with Crippen molar-refractivity contribution in [2.75, 3.05) is 38.1 Å². The van der Waals surface area contributed by atoms with E-state index in [1.54, 1.807) is 19.4 Å². The second-order valence-corrected chi connectivity index (χ2v) is 10.1. The number of carbonyl (C=O) groups excluding carboxylic acids is 2. The molecule has 0 bridgehead atoms. The highest BCUT2D eigenvalue weighted by atomic mass is 16.2. The third-order valence-corrected chi connectivity index (χ3v) is 7.69. The van der Waals surface area contributed by atoms with E-state index >= 15 is 0 Å². The van der Waals surface area contributed by atoms with Gasteiger partial charge in [-0.1, -0.05) is 48.5 Å². The van der Waals surface area contributed by atoms with Gasteiger partial charge in [-0.2, -0.15) is 9.78 Å². The van der Waals surface area contributed by atoms with Crippen molar-refractivity contribution in [3.63, 3.8) is 0 Å². The van der Waals surface area contributed by atoms with Crippen molar-refractivity contribution in [2.45, 2.75) is 33.2 Å². The number of benzene rings is 2. The molecule has 2 fully saturated rings. The van der Waals surface area contributed by atoms with Gasteiger partial charge in [0.2, 0.25) is 5.91 Å². The molecule has 3 heterocycles. The number of amides is 2. The van der Waals surface area contributed by atoms with Gasteiger partial charge in [0, 0.05) is 45.6 Å². The highest BCUT2D eigenvalue weighted by Crippen LogP contribution is 2.40. The predicted octanol–water partition coefficient (Wildman–Crippen LogP) is 4.41. The van der Waals surface area contributed by atoms with Gasteiger partial charge in [0.15, 0.2) is 0 Å². The molecule has 2 saturated heterocycles. The first-order valence-electron chi connectivity index (χ1n) is 12.3. The molecular weight excluding hydrogens is 438 g/mol. The molecule has 182 valence electrons. The molecule has 0 N–H and O–H groups in total. The van der Waals surface area contributed by atoms with Gasteiger partial charge < -0.3 is 9.80 Å². The molecule has 2 amide bonds. The van der Waals surface area contributed by atoms with Crippen LogP contribution in [-0.4, -0.2) is 64.7 Å². The molecule has 7 nitrogen and oxygen atoms in total. The number of carbonyl (C=O) groups is 2. The van der Waals surface area contributed by atoms with Crippen molar-refractivity contribution in [1.82, 2.24) is 19.6 Å². The zero-order valence-electron chi connectivity index (χ0n) is 20.8. The number of hydrogen-bond donors (Lipinski definition) is 0. The summed E-state index contributed by atoms with van der Waals surface area (Å²) in [4.78, 5) is 30.6. The van der Waals surface area contributed by atoms with Crippen LogP contribution in [0.3, 0.4) is 0 Å². The molecule has 2 aliphatic heterocycles. The third kappa shape index (κ3) is 4.73. The van der Waals surface area contributed by atoms with Crippen LogP contribution >= 0.6 is 0 Å². The molecule has 1 spiro atoms. The van der Waals surface area contributed by atoms with Crippen LogP contribution in [0.2, 0.25) is 0 Å². The lowest BCUT2D eigenvalue weighted by Crippen LogP contribution is -2.36. The van der Waals surface area contributed by atoms with Crippen LogP contribution in [0.25, 0.3) is 11.1 Å². The van der Waals surface area contributed by atoms with E-state index in [2.05, 4.69) is 59.4 Å². The fraction of sp³-hybridized carbons (Fsp3) is 0.393. The Morgan fingerprint density at radius 2 is 1.80 bits per heavy atom. The van der Waals surface area contributed by atoms with E-state index in [9.17, 15) is 9.59 Å². The van der Waals surface area contributed by atoms with Gasteiger partial charge in [0.25, 0.3) is 0 Å². The quantitative estimate of drug-likeness (QED) is 0.566. The zero-order chi connectivity index (χ0) is 24.6. The van der Waals surface area contributed by atoms with E-state index in [1.807, 2.05) is 11.0 Å². The second kappa shape index (κ2) is 9.30. The van der Waals surface area contributed by atoms with Crippen LogP contribution in [0.4, 0.5) is 10.5 Å². The highest BCUT2D eigenvalue weighted by Gasteiger charge is 2.45. The van der Waals surface area contributed by atoms with E-state index in [0.29, 0.717) is 5.69 Å². The lowest BCUT2D eigenvalue weighted by molar-refractivity contribution is -0.116. The highest BCUT2D eigenvalue weighted by molar-refractivity contribution is 5.91. The maximum atomic E-state index is 13.1. The van der Waals surface area contributed by atoms with Gasteiger partial charge in [0.1, 0.15) is 0 Å². The molecular formula is C28H33N5O2. The summed E-state index contributed by atoms with van der Waals surface area (Å²) in [5.74, 6) is -0.0897. The molecule has 5 rings (SSSR count). The molecule has 7 heteroatoms. The molecule has 0 aliphatic carbocycles. The first-order chi connectivity index (χ1) is 16.8. The smallest absolute Gasteiger partial charge is 0.322 e. The van der Waals surface area contributed by atoms with E-state index in [-0.39, 0.29) is 17.4 Å². The normalized spacial score (nSPS) is 20.0. The van der Waals surface area contributed by atoms with Crippen molar-refractivity contribution in [2.24, 2.45) is 5.41 Å². The molecule has 1 unspecified atom stereocenters. The van der Waals surface area contributed by atoms with Crippen molar-refractivity contribution in [1.29, 1.82) is 0 Å². The van der Waals surface area contributed by atoms with E-state index in [0.717, 1.165) is 45.6 Å². The van der Waals surface area contributed by atoms with Crippen LogP contribution in [0.1, 0.15) is 30.9 Å². The standard InChI is InChI=1S/C28H33N5O2/c1-21-15-24(23-7-5-4-6-8-23)9-10-25(21)17-31-13-11-28(19-31)12-14-32(20-28)27(35)33-18-26(16-29-33)30(3)22(2)34/h4-10,15-16,18H,11-14,17,19-20H2,1-3H3. The molecule has 1 atom stereocenters. The van der Waals surface area contributed by atoms with Gasteiger partial charge in [0.05, 0.1) is 18.1 Å². The fourth-order valence-electron chi connectivity index (χ4n) is 5.44. The minimum Gasteiger partial charge on any atom is -0.322 e. The first kappa shape index (κ1) is 23.3. The van der Waals surface area contributed by atoms with E-state index in [4.69, 9.17) is 0 Å². The van der Waals surface area contributed by atoms with Gasteiger partial charge in [-0.05, 0) is 48.6 Å². The summed E-state index contributed by atoms with van der Waals surface area (Å²) in [5, 5.41) is 4.21. The summed E-state index contributed by atoms with van der Waals surface area (Å²) < 4.78 is 1.36. The number of aryl methyl sites for hydroxylation is 1. The summed E-state index contributed by atoms with van der Waals surface area (Å²) >= 11 is 0. The van der Waals surface area contributed by atoms with Gasteiger partial charge >= 0.3 is 6.03 Å². The number of aromatic nitrogens is 2. The maximum absolute atomic E-state index is 13.1. The zero-order valence-corrected chi connectivity index (χ0v) is 20.8. The van der Waals surface area contributed by atoms with Crippen molar-refractivity contribution in [3.8, 4) is 11.1 Å². The number of likely N-dealkylation sites (tertiary alicyclic amines) is 2. The average molecular weight is 472 g/mol. The molecule has 0 saturated carbocycles.